The van der Waals surface area contributed by atoms with Crippen molar-refractivity contribution in [3.8, 4) is 11.8 Å². The van der Waals surface area contributed by atoms with Crippen LogP contribution in [0.1, 0.15) is 48.1 Å². The molecule has 2 heterocycles. The van der Waals surface area contributed by atoms with Gasteiger partial charge in [0.15, 0.2) is 0 Å². The summed E-state index contributed by atoms with van der Waals surface area (Å²) < 4.78 is 32.0. The van der Waals surface area contributed by atoms with Crippen molar-refractivity contribution in [2.45, 2.75) is 31.5 Å². The normalized spacial score (nSPS) is 16.1. The standard InChI is InChI=1S/C29H26ClF2N5/c1-29(2,32)27(22-11-25(31)13-26(12-22)37-17-34-35-18-37)23-15-36(16-23)28(20-6-8-24(30)9-7-20)21-5-3-4-19(10-21)14-33/h3-13,17-18,23,27-28H,15-16H2,1-2H3/t27?,28-/m1/s1. The van der Waals surface area contributed by atoms with Gasteiger partial charge in [0.1, 0.15) is 24.1 Å². The van der Waals surface area contributed by atoms with Crippen molar-refractivity contribution < 1.29 is 8.78 Å². The molecule has 1 aliphatic heterocycles. The van der Waals surface area contributed by atoms with Crippen LogP contribution in [0.3, 0.4) is 0 Å². The second-order valence-corrected chi connectivity index (χ2v) is 10.5. The molecule has 1 fully saturated rings. The van der Waals surface area contributed by atoms with Crippen molar-refractivity contribution in [1.29, 1.82) is 5.26 Å². The first-order valence-electron chi connectivity index (χ1n) is 12.1. The summed E-state index contributed by atoms with van der Waals surface area (Å²) in [5.74, 6) is -0.991. The number of likely N-dealkylation sites (tertiary alicyclic amines) is 1. The molecular formula is C29H26ClF2N5. The lowest BCUT2D eigenvalue weighted by Crippen LogP contribution is -2.53. The maximum atomic E-state index is 15.7. The summed E-state index contributed by atoms with van der Waals surface area (Å²) in [6, 6.07) is 21.9. The van der Waals surface area contributed by atoms with Crippen LogP contribution in [0.5, 0.6) is 0 Å². The van der Waals surface area contributed by atoms with Crippen LogP contribution in [-0.2, 0) is 0 Å². The number of halogens is 3. The summed E-state index contributed by atoms with van der Waals surface area (Å²) in [6.45, 7) is 4.33. The third kappa shape index (κ3) is 5.27. The topological polar surface area (TPSA) is 57.7 Å². The van der Waals surface area contributed by atoms with Gasteiger partial charge in [-0.05, 0) is 78.9 Å². The molecule has 37 heavy (non-hydrogen) atoms. The molecule has 3 aromatic carbocycles. The lowest BCUT2D eigenvalue weighted by atomic mass is 9.72. The van der Waals surface area contributed by atoms with Gasteiger partial charge in [-0.1, -0.05) is 35.9 Å². The Kier molecular flexibility index (Phi) is 6.80. The molecule has 1 aromatic heterocycles. The predicted molar refractivity (Wildman–Crippen MR) is 139 cm³/mol. The van der Waals surface area contributed by atoms with Gasteiger partial charge in [0.05, 0.1) is 23.4 Å². The molecule has 5 nitrogen and oxygen atoms in total. The van der Waals surface area contributed by atoms with E-state index in [2.05, 4.69) is 21.2 Å². The number of rotatable bonds is 7. The summed E-state index contributed by atoms with van der Waals surface area (Å²) in [6.07, 6.45) is 2.98. The van der Waals surface area contributed by atoms with Crippen LogP contribution in [0.2, 0.25) is 5.02 Å². The van der Waals surface area contributed by atoms with Gasteiger partial charge in [-0.15, -0.1) is 10.2 Å². The van der Waals surface area contributed by atoms with E-state index in [1.165, 1.54) is 24.8 Å². The maximum absolute atomic E-state index is 15.7. The Labute approximate surface area is 219 Å². The van der Waals surface area contributed by atoms with Crippen LogP contribution in [0.4, 0.5) is 8.78 Å². The van der Waals surface area contributed by atoms with Crippen molar-refractivity contribution in [1.82, 2.24) is 19.7 Å². The summed E-state index contributed by atoms with van der Waals surface area (Å²) in [4.78, 5) is 2.27. The third-order valence-corrected chi connectivity index (χ3v) is 7.26. The summed E-state index contributed by atoms with van der Waals surface area (Å²) in [5, 5.41) is 17.7. The number of nitrogens with zero attached hydrogens (tertiary/aromatic N) is 5. The van der Waals surface area contributed by atoms with Gasteiger partial charge in [0.2, 0.25) is 0 Å². The van der Waals surface area contributed by atoms with E-state index in [-0.39, 0.29) is 12.0 Å². The maximum Gasteiger partial charge on any atom is 0.125 e. The third-order valence-electron chi connectivity index (χ3n) is 7.01. The minimum absolute atomic E-state index is 0.0375. The smallest absolute Gasteiger partial charge is 0.125 e. The second-order valence-electron chi connectivity index (χ2n) is 10.1. The van der Waals surface area contributed by atoms with Crippen LogP contribution in [-0.4, -0.2) is 38.4 Å². The molecule has 0 saturated carbocycles. The second kappa shape index (κ2) is 10.0. The molecule has 0 spiro atoms. The highest BCUT2D eigenvalue weighted by atomic mass is 35.5. The molecule has 0 amide bonds. The number of nitriles is 1. The zero-order valence-corrected chi connectivity index (χ0v) is 21.3. The molecule has 4 aromatic rings. The van der Waals surface area contributed by atoms with E-state index >= 15 is 4.39 Å². The van der Waals surface area contributed by atoms with E-state index in [1.807, 2.05) is 48.5 Å². The van der Waals surface area contributed by atoms with E-state index in [4.69, 9.17) is 11.6 Å². The fourth-order valence-corrected chi connectivity index (χ4v) is 5.62. The number of alkyl halides is 1. The van der Waals surface area contributed by atoms with Gasteiger partial charge in [0, 0.05) is 24.0 Å². The summed E-state index contributed by atoms with van der Waals surface area (Å²) in [7, 11) is 0. The molecular weight excluding hydrogens is 492 g/mol. The van der Waals surface area contributed by atoms with Gasteiger partial charge < -0.3 is 0 Å². The van der Waals surface area contributed by atoms with Crippen LogP contribution in [0.15, 0.2) is 79.4 Å². The SMILES string of the molecule is CC(C)(F)C(c1cc(F)cc(-n2cnnc2)c1)C1CN([C@H](c2ccc(Cl)cc2)c2cccc(C#N)c2)C1. The number of hydrogen-bond donors (Lipinski definition) is 0. The molecule has 5 rings (SSSR count). The highest BCUT2D eigenvalue weighted by molar-refractivity contribution is 6.30. The van der Waals surface area contributed by atoms with Crippen molar-refractivity contribution in [2.24, 2.45) is 5.92 Å². The summed E-state index contributed by atoms with van der Waals surface area (Å²) >= 11 is 6.14. The fourth-order valence-electron chi connectivity index (χ4n) is 5.50. The largest absolute Gasteiger partial charge is 0.292 e. The molecule has 1 unspecified atom stereocenters. The van der Waals surface area contributed by atoms with E-state index in [9.17, 15) is 9.65 Å². The molecule has 0 aliphatic carbocycles. The Hall–Kier alpha value is -3.60. The van der Waals surface area contributed by atoms with Gasteiger partial charge in [-0.2, -0.15) is 5.26 Å². The Morgan fingerprint density at radius 2 is 1.68 bits per heavy atom. The minimum atomic E-state index is -1.58. The van der Waals surface area contributed by atoms with Crippen LogP contribution in [0.25, 0.3) is 5.69 Å². The predicted octanol–water partition coefficient (Wildman–Crippen LogP) is 6.48. The Bertz CT molecular complexity index is 1420. The Morgan fingerprint density at radius 1 is 0.973 bits per heavy atom. The average molecular weight is 518 g/mol. The molecule has 2 atom stereocenters. The Balaban J connectivity index is 1.47. The van der Waals surface area contributed by atoms with Crippen LogP contribution < -0.4 is 0 Å². The monoisotopic (exact) mass is 517 g/mol. The summed E-state index contributed by atoms with van der Waals surface area (Å²) in [5.41, 5.74) is 2.18. The van der Waals surface area contributed by atoms with Crippen molar-refractivity contribution in [3.05, 3.63) is 112 Å². The zero-order chi connectivity index (χ0) is 26.2. The highest BCUT2D eigenvalue weighted by Gasteiger charge is 2.45. The van der Waals surface area contributed by atoms with Gasteiger partial charge in [0.25, 0.3) is 0 Å². The minimum Gasteiger partial charge on any atom is -0.292 e. The molecule has 8 heteroatoms. The zero-order valence-electron chi connectivity index (χ0n) is 20.5. The molecule has 0 bridgehead atoms. The van der Waals surface area contributed by atoms with E-state index in [0.717, 1.165) is 11.1 Å². The number of aromatic nitrogens is 3. The van der Waals surface area contributed by atoms with E-state index in [0.29, 0.717) is 34.9 Å². The first kappa shape index (κ1) is 25.1. The average Bonchev–Trinajstić information content (AvgIpc) is 3.38. The molecule has 1 saturated heterocycles. The highest BCUT2D eigenvalue weighted by Crippen LogP contribution is 2.46. The lowest BCUT2D eigenvalue weighted by Gasteiger charge is -2.50. The molecule has 0 N–H and O–H groups in total. The molecule has 1 aliphatic rings. The molecule has 188 valence electrons. The van der Waals surface area contributed by atoms with Crippen LogP contribution >= 0.6 is 11.6 Å². The first-order valence-corrected chi connectivity index (χ1v) is 12.4. The van der Waals surface area contributed by atoms with E-state index < -0.39 is 17.4 Å². The lowest BCUT2D eigenvalue weighted by molar-refractivity contribution is 0.00813. The molecule has 0 radical (unpaired) electrons. The number of hydrogen-bond acceptors (Lipinski definition) is 4. The van der Waals surface area contributed by atoms with Gasteiger partial charge in [-0.3, -0.25) is 9.47 Å². The first-order chi connectivity index (χ1) is 17.7. The quantitative estimate of drug-likeness (QED) is 0.281. The van der Waals surface area contributed by atoms with E-state index in [1.54, 1.807) is 24.5 Å². The number of benzene rings is 3. The Morgan fingerprint density at radius 3 is 2.32 bits per heavy atom. The van der Waals surface area contributed by atoms with Gasteiger partial charge in [-0.25, -0.2) is 8.78 Å². The van der Waals surface area contributed by atoms with Crippen molar-refractivity contribution >= 4 is 11.6 Å². The van der Waals surface area contributed by atoms with Crippen LogP contribution in [0, 0.1) is 23.1 Å². The van der Waals surface area contributed by atoms with Crippen molar-refractivity contribution in [2.75, 3.05) is 13.1 Å². The van der Waals surface area contributed by atoms with Gasteiger partial charge >= 0.3 is 0 Å². The van der Waals surface area contributed by atoms with Crippen molar-refractivity contribution in [3.63, 3.8) is 0 Å². The fraction of sp³-hybridized carbons (Fsp3) is 0.276.